The highest BCUT2D eigenvalue weighted by Gasteiger charge is 2.19. The molecule has 1 amide bonds. The van der Waals surface area contributed by atoms with E-state index in [4.69, 9.17) is 34.8 Å². The summed E-state index contributed by atoms with van der Waals surface area (Å²) in [4.78, 5) is 17.3. The zero-order valence-corrected chi connectivity index (χ0v) is 18.7. The Morgan fingerprint density at radius 1 is 0.935 bits per heavy atom. The molecule has 31 heavy (non-hydrogen) atoms. The van der Waals surface area contributed by atoms with Crippen LogP contribution in [0.5, 0.6) is 0 Å². The number of anilines is 1. The summed E-state index contributed by atoms with van der Waals surface area (Å²) in [5.41, 5.74) is 3.22. The topological polar surface area (TPSA) is 59.8 Å². The molecule has 0 spiro atoms. The number of nitrogens with zero attached hydrogens (tertiary/aromatic N) is 3. The standard InChI is InChI=1S/C23H17Cl3N4O/c1-2-14-3-9-17(10-4-14)27-23(31)21-28-22(15-5-7-16(24)8-6-15)30(29-21)18-11-12-19(25)20(26)13-18/h3-13H,2H2,1H3,(H,27,31). The number of rotatable bonds is 5. The van der Waals surface area contributed by atoms with Gasteiger partial charge in [0, 0.05) is 16.3 Å². The van der Waals surface area contributed by atoms with Gasteiger partial charge >= 0.3 is 0 Å². The molecule has 0 unspecified atom stereocenters. The van der Waals surface area contributed by atoms with Gasteiger partial charge in [-0.3, -0.25) is 4.79 Å². The maximum atomic E-state index is 12.9. The van der Waals surface area contributed by atoms with Gasteiger partial charge < -0.3 is 5.32 Å². The summed E-state index contributed by atoms with van der Waals surface area (Å²) in [6, 6.07) is 19.9. The Morgan fingerprint density at radius 3 is 2.29 bits per heavy atom. The SMILES string of the molecule is CCc1ccc(NC(=O)c2nc(-c3ccc(Cl)cc3)n(-c3ccc(Cl)c(Cl)c3)n2)cc1. The second-order valence-electron chi connectivity index (χ2n) is 6.78. The van der Waals surface area contributed by atoms with E-state index in [0.717, 1.165) is 12.0 Å². The number of aromatic nitrogens is 3. The molecule has 3 aromatic carbocycles. The van der Waals surface area contributed by atoms with Gasteiger partial charge in [0.15, 0.2) is 5.82 Å². The molecule has 4 rings (SSSR count). The van der Waals surface area contributed by atoms with E-state index >= 15 is 0 Å². The lowest BCUT2D eigenvalue weighted by atomic mass is 10.1. The average molecular weight is 472 g/mol. The molecule has 1 heterocycles. The lowest BCUT2D eigenvalue weighted by molar-refractivity contribution is 0.101. The molecule has 156 valence electrons. The number of amides is 1. The van der Waals surface area contributed by atoms with E-state index in [1.54, 1.807) is 35.0 Å². The average Bonchev–Trinajstić information content (AvgIpc) is 3.22. The minimum atomic E-state index is -0.418. The van der Waals surface area contributed by atoms with Gasteiger partial charge in [0.05, 0.1) is 15.7 Å². The lowest BCUT2D eigenvalue weighted by Crippen LogP contribution is -2.14. The third-order valence-electron chi connectivity index (χ3n) is 4.68. The number of carbonyl (C=O) groups excluding carboxylic acids is 1. The van der Waals surface area contributed by atoms with Gasteiger partial charge in [0.25, 0.3) is 5.91 Å². The summed E-state index contributed by atoms with van der Waals surface area (Å²) in [6.45, 7) is 2.07. The second-order valence-corrected chi connectivity index (χ2v) is 8.03. The van der Waals surface area contributed by atoms with E-state index in [9.17, 15) is 4.79 Å². The first-order valence-electron chi connectivity index (χ1n) is 9.53. The molecule has 8 heteroatoms. The molecule has 0 radical (unpaired) electrons. The normalized spacial score (nSPS) is 10.8. The minimum Gasteiger partial charge on any atom is -0.319 e. The quantitative estimate of drug-likeness (QED) is 0.352. The highest BCUT2D eigenvalue weighted by atomic mass is 35.5. The number of halogens is 3. The smallest absolute Gasteiger partial charge is 0.295 e. The molecule has 0 aliphatic rings. The van der Waals surface area contributed by atoms with Crippen molar-refractivity contribution in [3.63, 3.8) is 0 Å². The first-order chi connectivity index (χ1) is 14.9. The summed E-state index contributed by atoms with van der Waals surface area (Å²) in [5.74, 6) is 0.0791. The second kappa shape index (κ2) is 9.10. The third kappa shape index (κ3) is 4.74. The molecule has 1 aromatic heterocycles. The van der Waals surface area contributed by atoms with Crippen molar-refractivity contribution in [2.45, 2.75) is 13.3 Å². The van der Waals surface area contributed by atoms with Crippen LogP contribution in [0.1, 0.15) is 23.1 Å². The number of carbonyl (C=O) groups is 1. The highest BCUT2D eigenvalue weighted by Crippen LogP contribution is 2.28. The minimum absolute atomic E-state index is 0.0237. The summed E-state index contributed by atoms with van der Waals surface area (Å²) in [7, 11) is 0. The van der Waals surface area contributed by atoms with Crippen LogP contribution in [0, 0.1) is 0 Å². The maximum Gasteiger partial charge on any atom is 0.295 e. The van der Waals surface area contributed by atoms with Crippen molar-refractivity contribution in [1.82, 2.24) is 14.8 Å². The Hall–Kier alpha value is -2.86. The van der Waals surface area contributed by atoms with Crippen LogP contribution < -0.4 is 5.32 Å². The van der Waals surface area contributed by atoms with Crippen LogP contribution in [-0.4, -0.2) is 20.7 Å². The fourth-order valence-corrected chi connectivity index (χ4v) is 3.42. The molecular formula is C23H17Cl3N4O. The zero-order chi connectivity index (χ0) is 22.0. The van der Waals surface area contributed by atoms with Gasteiger partial charge in [-0.05, 0) is 66.6 Å². The van der Waals surface area contributed by atoms with E-state index in [1.165, 1.54) is 5.56 Å². The Kier molecular flexibility index (Phi) is 6.28. The van der Waals surface area contributed by atoms with Crippen molar-refractivity contribution in [1.29, 1.82) is 0 Å². The molecule has 0 saturated carbocycles. The predicted octanol–water partition coefficient (Wildman–Crippen LogP) is 6.71. The molecule has 5 nitrogen and oxygen atoms in total. The first kappa shape index (κ1) is 21.4. The third-order valence-corrected chi connectivity index (χ3v) is 5.67. The summed E-state index contributed by atoms with van der Waals surface area (Å²) in [5, 5.41) is 8.67. The van der Waals surface area contributed by atoms with Crippen molar-refractivity contribution in [3.05, 3.63) is 93.2 Å². The molecule has 0 fully saturated rings. The van der Waals surface area contributed by atoms with Crippen LogP contribution in [0.4, 0.5) is 5.69 Å². The van der Waals surface area contributed by atoms with Crippen molar-refractivity contribution >= 4 is 46.4 Å². The predicted molar refractivity (Wildman–Crippen MR) is 126 cm³/mol. The fraction of sp³-hybridized carbons (Fsp3) is 0.0870. The number of hydrogen-bond donors (Lipinski definition) is 1. The van der Waals surface area contributed by atoms with E-state index < -0.39 is 5.91 Å². The monoisotopic (exact) mass is 470 g/mol. The Balaban J connectivity index is 1.73. The summed E-state index contributed by atoms with van der Waals surface area (Å²) < 4.78 is 1.56. The van der Waals surface area contributed by atoms with Crippen LogP contribution in [0.2, 0.25) is 15.1 Å². The van der Waals surface area contributed by atoms with Crippen LogP contribution >= 0.6 is 34.8 Å². The van der Waals surface area contributed by atoms with Crippen molar-refractivity contribution in [2.75, 3.05) is 5.32 Å². The van der Waals surface area contributed by atoms with Gasteiger partial charge in [-0.25, -0.2) is 9.67 Å². The fourth-order valence-electron chi connectivity index (χ4n) is 3.00. The van der Waals surface area contributed by atoms with Crippen LogP contribution in [0.3, 0.4) is 0 Å². The van der Waals surface area contributed by atoms with E-state index in [2.05, 4.69) is 22.3 Å². The van der Waals surface area contributed by atoms with E-state index in [-0.39, 0.29) is 5.82 Å². The Morgan fingerprint density at radius 2 is 1.65 bits per heavy atom. The van der Waals surface area contributed by atoms with Crippen LogP contribution in [0.15, 0.2) is 66.7 Å². The Bertz CT molecular complexity index is 1230. The molecule has 0 aliphatic heterocycles. The van der Waals surface area contributed by atoms with Gasteiger partial charge in [-0.1, -0.05) is 53.9 Å². The van der Waals surface area contributed by atoms with Gasteiger partial charge in [-0.2, -0.15) is 0 Å². The number of hydrogen-bond acceptors (Lipinski definition) is 3. The number of aryl methyl sites for hydroxylation is 1. The number of benzene rings is 3. The van der Waals surface area contributed by atoms with Crippen molar-refractivity contribution < 1.29 is 4.79 Å². The van der Waals surface area contributed by atoms with E-state index in [1.807, 2.05) is 36.4 Å². The first-order valence-corrected chi connectivity index (χ1v) is 10.7. The van der Waals surface area contributed by atoms with Crippen molar-refractivity contribution in [2.24, 2.45) is 0 Å². The zero-order valence-electron chi connectivity index (χ0n) is 16.4. The van der Waals surface area contributed by atoms with Gasteiger partial charge in [0.2, 0.25) is 5.82 Å². The molecule has 0 bridgehead atoms. The van der Waals surface area contributed by atoms with Gasteiger partial charge in [-0.15, -0.1) is 5.10 Å². The highest BCUT2D eigenvalue weighted by molar-refractivity contribution is 6.42. The molecule has 0 aliphatic carbocycles. The number of nitrogens with one attached hydrogen (secondary N) is 1. The Labute approximate surface area is 194 Å². The van der Waals surface area contributed by atoms with Crippen molar-refractivity contribution in [3.8, 4) is 17.1 Å². The molecular weight excluding hydrogens is 455 g/mol. The van der Waals surface area contributed by atoms with Gasteiger partial charge in [0.1, 0.15) is 0 Å². The summed E-state index contributed by atoms with van der Waals surface area (Å²) in [6.07, 6.45) is 0.925. The lowest BCUT2D eigenvalue weighted by Gasteiger charge is -2.07. The largest absolute Gasteiger partial charge is 0.319 e. The summed E-state index contributed by atoms with van der Waals surface area (Å²) >= 11 is 18.3. The van der Waals surface area contributed by atoms with Crippen LogP contribution in [0.25, 0.3) is 17.1 Å². The molecule has 1 N–H and O–H groups in total. The van der Waals surface area contributed by atoms with Crippen LogP contribution in [-0.2, 0) is 6.42 Å². The van der Waals surface area contributed by atoms with E-state index in [0.29, 0.717) is 32.3 Å². The molecule has 0 saturated heterocycles. The molecule has 0 atom stereocenters. The molecule has 4 aromatic rings. The maximum absolute atomic E-state index is 12.9.